The molecule has 5 rings (SSSR count). The number of aromatic hydroxyl groups is 1. The molecule has 1 amide bonds. The standard InChI is InChI=1S/C27H20F3NO5/c1-3-35-21-12-15(8-9-19(21)32)23-22-24(33)18-11-14(2)7-10-20(18)36-25(22)26(34)31(23)17-6-4-5-16(13-17)27(28,29)30/h4-13,23,32H,3H2,1-2H3. The highest BCUT2D eigenvalue weighted by Crippen LogP contribution is 2.44. The number of halogens is 3. The van der Waals surface area contributed by atoms with Crippen LogP contribution >= 0.6 is 0 Å². The number of aryl methyl sites for hydroxylation is 1. The number of phenolic OH excluding ortho intramolecular Hbond substituents is 1. The van der Waals surface area contributed by atoms with E-state index in [0.717, 1.165) is 22.6 Å². The molecule has 1 aromatic heterocycles. The van der Waals surface area contributed by atoms with Gasteiger partial charge in [0, 0.05) is 5.69 Å². The fourth-order valence-corrected chi connectivity index (χ4v) is 4.47. The molecule has 2 heterocycles. The Labute approximate surface area is 203 Å². The molecule has 3 aromatic carbocycles. The number of nitrogens with zero attached hydrogens (tertiary/aromatic N) is 1. The fourth-order valence-electron chi connectivity index (χ4n) is 4.47. The van der Waals surface area contributed by atoms with Crippen LogP contribution in [0.4, 0.5) is 18.9 Å². The fraction of sp³-hybridized carbons (Fsp3) is 0.185. The summed E-state index contributed by atoms with van der Waals surface area (Å²) in [6.45, 7) is 3.76. The third-order valence-electron chi connectivity index (χ3n) is 6.08. The van der Waals surface area contributed by atoms with Crippen LogP contribution in [0.3, 0.4) is 0 Å². The summed E-state index contributed by atoms with van der Waals surface area (Å²) < 4.78 is 51.8. The molecular weight excluding hydrogens is 475 g/mol. The summed E-state index contributed by atoms with van der Waals surface area (Å²) in [6, 6.07) is 12.5. The summed E-state index contributed by atoms with van der Waals surface area (Å²) in [4.78, 5) is 28.4. The summed E-state index contributed by atoms with van der Waals surface area (Å²) in [5, 5.41) is 10.4. The first-order valence-electron chi connectivity index (χ1n) is 11.1. The number of rotatable bonds is 4. The Hall–Kier alpha value is -4.27. The van der Waals surface area contributed by atoms with Crippen molar-refractivity contribution in [3.63, 3.8) is 0 Å². The molecule has 1 unspecified atom stereocenters. The summed E-state index contributed by atoms with van der Waals surface area (Å²) in [6.07, 6.45) is -4.64. The molecule has 0 radical (unpaired) electrons. The molecule has 0 aliphatic carbocycles. The maximum Gasteiger partial charge on any atom is 0.416 e. The molecule has 1 aliphatic heterocycles. The molecule has 0 saturated carbocycles. The first-order chi connectivity index (χ1) is 17.1. The Kier molecular flexibility index (Phi) is 5.50. The largest absolute Gasteiger partial charge is 0.504 e. The van der Waals surface area contributed by atoms with Crippen LogP contribution in [0, 0.1) is 6.92 Å². The summed E-state index contributed by atoms with van der Waals surface area (Å²) >= 11 is 0. The highest BCUT2D eigenvalue weighted by Gasteiger charge is 2.44. The highest BCUT2D eigenvalue weighted by molar-refractivity contribution is 6.10. The average molecular weight is 495 g/mol. The number of anilines is 1. The molecule has 0 bridgehead atoms. The van der Waals surface area contributed by atoms with Gasteiger partial charge in [0.15, 0.2) is 16.9 Å². The molecule has 6 nitrogen and oxygen atoms in total. The van der Waals surface area contributed by atoms with Gasteiger partial charge in [-0.15, -0.1) is 0 Å². The van der Waals surface area contributed by atoms with Crippen molar-refractivity contribution in [1.82, 2.24) is 0 Å². The first-order valence-corrected chi connectivity index (χ1v) is 11.1. The molecule has 0 fully saturated rings. The van der Waals surface area contributed by atoms with Crippen LogP contribution in [0.15, 0.2) is 69.9 Å². The second-order valence-corrected chi connectivity index (χ2v) is 8.46. The van der Waals surface area contributed by atoms with Crippen LogP contribution in [-0.4, -0.2) is 17.6 Å². The lowest BCUT2D eigenvalue weighted by Gasteiger charge is -2.26. The van der Waals surface area contributed by atoms with Crippen LogP contribution in [-0.2, 0) is 6.18 Å². The molecule has 1 atom stereocenters. The second-order valence-electron chi connectivity index (χ2n) is 8.46. The SMILES string of the molecule is CCOc1cc(C2c3c(oc4ccc(C)cc4c3=O)C(=O)N2c2cccc(C(F)(F)F)c2)ccc1O. The first kappa shape index (κ1) is 23.5. The summed E-state index contributed by atoms with van der Waals surface area (Å²) in [7, 11) is 0. The zero-order valence-corrected chi connectivity index (χ0v) is 19.2. The number of phenols is 1. The summed E-state index contributed by atoms with van der Waals surface area (Å²) in [5.41, 5.74) is -0.102. The minimum absolute atomic E-state index is 0.00338. The molecule has 0 spiro atoms. The lowest BCUT2D eigenvalue weighted by molar-refractivity contribution is -0.137. The smallest absolute Gasteiger partial charge is 0.416 e. The Bertz CT molecular complexity index is 1570. The van der Waals surface area contributed by atoms with Crippen molar-refractivity contribution in [2.75, 3.05) is 11.5 Å². The van der Waals surface area contributed by atoms with E-state index in [2.05, 4.69) is 0 Å². The quantitative estimate of drug-likeness (QED) is 0.377. The van der Waals surface area contributed by atoms with E-state index < -0.39 is 29.1 Å². The van der Waals surface area contributed by atoms with E-state index in [1.165, 1.54) is 30.3 Å². The normalized spacial score (nSPS) is 15.4. The van der Waals surface area contributed by atoms with E-state index in [-0.39, 0.29) is 46.1 Å². The Morgan fingerprint density at radius 3 is 2.56 bits per heavy atom. The van der Waals surface area contributed by atoms with Crippen molar-refractivity contribution in [3.05, 3.63) is 98.9 Å². The number of ether oxygens (including phenoxy) is 1. The molecular formula is C27H20F3NO5. The molecule has 1 N–H and O–H groups in total. The molecule has 36 heavy (non-hydrogen) atoms. The number of carbonyl (C=O) groups excluding carboxylic acids is 1. The number of fused-ring (bicyclic) bond motifs is 2. The minimum atomic E-state index is -4.64. The maximum absolute atomic E-state index is 13.7. The van der Waals surface area contributed by atoms with E-state index in [0.29, 0.717) is 5.56 Å². The third-order valence-corrected chi connectivity index (χ3v) is 6.08. The van der Waals surface area contributed by atoms with Gasteiger partial charge in [-0.05, 0) is 61.9 Å². The molecule has 4 aromatic rings. The van der Waals surface area contributed by atoms with E-state index in [1.807, 2.05) is 0 Å². The lowest BCUT2D eigenvalue weighted by atomic mass is 9.97. The van der Waals surface area contributed by atoms with Crippen LogP contribution in [0.1, 0.15) is 45.8 Å². The number of hydrogen-bond acceptors (Lipinski definition) is 5. The van der Waals surface area contributed by atoms with E-state index in [4.69, 9.17) is 9.15 Å². The number of hydrogen-bond donors (Lipinski definition) is 1. The van der Waals surface area contributed by atoms with Crippen LogP contribution in [0.2, 0.25) is 0 Å². The molecule has 9 heteroatoms. The maximum atomic E-state index is 13.7. The minimum Gasteiger partial charge on any atom is -0.504 e. The van der Waals surface area contributed by atoms with E-state index >= 15 is 0 Å². The van der Waals surface area contributed by atoms with Gasteiger partial charge in [-0.3, -0.25) is 14.5 Å². The lowest BCUT2D eigenvalue weighted by Crippen LogP contribution is -2.29. The van der Waals surface area contributed by atoms with Gasteiger partial charge in [-0.1, -0.05) is 23.8 Å². The topological polar surface area (TPSA) is 80.0 Å². The van der Waals surface area contributed by atoms with Gasteiger partial charge in [0.25, 0.3) is 5.91 Å². The predicted octanol–water partition coefficient (Wildman–Crippen LogP) is 5.97. The molecule has 1 aliphatic rings. The van der Waals surface area contributed by atoms with Gasteiger partial charge in [0.05, 0.1) is 29.2 Å². The van der Waals surface area contributed by atoms with Crippen molar-refractivity contribution >= 4 is 22.6 Å². The predicted molar refractivity (Wildman–Crippen MR) is 127 cm³/mol. The van der Waals surface area contributed by atoms with Crippen molar-refractivity contribution in [1.29, 1.82) is 0 Å². The zero-order valence-electron chi connectivity index (χ0n) is 19.2. The molecule has 0 saturated heterocycles. The number of alkyl halides is 3. The zero-order chi connectivity index (χ0) is 25.8. The van der Waals surface area contributed by atoms with Gasteiger partial charge in [-0.2, -0.15) is 13.2 Å². The van der Waals surface area contributed by atoms with E-state index in [1.54, 1.807) is 32.0 Å². The number of carbonyl (C=O) groups is 1. The number of benzene rings is 3. The Morgan fingerprint density at radius 1 is 1.06 bits per heavy atom. The monoisotopic (exact) mass is 495 g/mol. The van der Waals surface area contributed by atoms with E-state index in [9.17, 15) is 27.9 Å². The van der Waals surface area contributed by atoms with Crippen molar-refractivity contribution < 1.29 is 32.2 Å². The van der Waals surface area contributed by atoms with Gasteiger partial charge < -0.3 is 14.3 Å². The van der Waals surface area contributed by atoms with Crippen molar-refractivity contribution in [3.8, 4) is 11.5 Å². The second kappa shape index (κ2) is 8.44. The van der Waals surface area contributed by atoms with Crippen LogP contribution < -0.4 is 15.1 Å². The van der Waals surface area contributed by atoms with Crippen LogP contribution in [0.25, 0.3) is 11.0 Å². The highest BCUT2D eigenvalue weighted by atomic mass is 19.4. The number of amides is 1. The van der Waals surface area contributed by atoms with Gasteiger partial charge >= 0.3 is 6.18 Å². The van der Waals surface area contributed by atoms with Crippen molar-refractivity contribution in [2.45, 2.75) is 26.1 Å². The average Bonchev–Trinajstić information content (AvgIpc) is 3.13. The molecule has 184 valence electrons. The van der Waals surface area contributed by atoms with Gasteiger partial charge in [0.1, 0.15) is 5.58 Å². The van der Waals surface area contributed by atoms with Crippen molar-refractivity contribution in [2.24, 2.45) is 0 Å². The Balaban J connectivity index is 1.80. The van der Waals surface area contributed by atoms with Gasteiger partial charge in [-0.25, -0.2) is 0 Å². The van der Waals surface area contributed by atoms with Crippen LogP contribution in [0.5, 0.6) is 11.5 Å². The Morgan fingerprint density at radius 2 is 1.83 bits per heavy atom. The summed E-state index contributed by atoms with van der Waals surface area (Å²) in [5.74, 6) is -1.04. The third kappa shape index (κ3) is 3.77. The van der Waals surface area contributed by atoms with Gasteiger partial charge in [0.2, 0.25) is 5.76 Å².